The lowest BCUT2D eigenvalue weighted by atomic mass is 10.0. The fourth-order valence-electron chi connectivity index (χ4n) is 3.21. The highest BCUT2D eigenvalue weighted by atomic mass is 79.9. The maximum absolute atomic E-state index is 11.9. The molecule has 1 amide bonds. The molecule has 2 atom stereocenters. The topological polar surface area (TPSA) is 95.9 Å². The van der Waals surface area contributed by atoms with Crippen molar-refractivity contribution in [3.63, 3.8) is 0 Å². The van der Waals surface area contributed by atoms with Crippen molar-refractivity contribution in [2.45, 2.75) is 57.7 Å². The molecule has 1 aromatic carbocycles. The van der Waals surface area contributed by atoms with Gasteiger partial charge < -0.3 is 24.9 Å². The number of aldehydes is 1. The van der Waals surface area contributed by atoms with Gasteiger partial charge in [0.15, 0.2) is 0 Å². The van der Waals surface area contributed by atoms with Crippen LogP contribution in [0.5, 0.6) is 0 Å². The summed E-state index contributed by atoms with van der Waals surface area (Å²) in [6.45, 7) is 5.26. The molecule has 0 radical (unpaired) electrons. The smallest absolute Gasteiger partial charge is 0.408 e. The van der Waals surface area contributed by atoms with Gasteiger partial charge in [-0.05, 0) is 56.9 Å². The number of anilines is 1. The van der Waals surface area contributed by atoms with Crippen LogP contribution in [0.2, 0.25) is 0 Å². The number of likely N-dealkylation sites (N-methyl/N-ethyl adjacent to an activating group) is 1. The van der Waals surface area contributed by atoms with Gasteiger partial charge in [0.25, 0.3) is 0 Å². The summed E-state index contributed by atoms with van der Waals surface area (Å²) in [4.78, 5) is 36.5. The van der Waals surface area contributed by atoms with Gasteiger partial charge in [-0.2, -0.15) is 0 Å². The van der Waals surface area contributed by atoms with Crippen molar-refractivity contribution in [1.29, 1.82) is 0 Å². The molecule has 2 N–H and O–H groups in total. The number of rotatable bonds is 6. The number of hydrogen-bond donors (Lipinski definition) is 2. The molecule has 1 aliphatic heterocycles. The van der Waals surface area contributed by atoms with Gasteiger partial charge in [-0.3, -0.25) is 0 Å². The number of carboxylic acids is 1. The van der Waals surface area contributed by atoms with E-state index in [0.717, 1.165) is 21.3 Å². The van der Waals surface area contributed by atoms with Crippen LogP contribution in [0, 0.1) is 0 Å². The Morgan fingerprint density at radius 3 is 2.67 bits per heavy atom. The van der Waals surface area contributed by atoms with Gasteiger partial charge >= 0.3 is 12.1 Å². The van der Waals surface area contributed by atoms with E-state index in [2.05, 4.69) is 21.2 Å². The lowest BCUT2D eigenvalue weighted by molar-refractivity contribution is -0.138. The van der Waals surface area contributed by atoms with Gasteiger partial charge in [-0.15, -0.1) is 0 Å². The van der Waals surface area contributed by atoms with Crippen molar-refractivity contribution in [2.24, 2.45) is 0 Å². The van der Waals surface area contributed by atoms with E-state index in [4.69, 9.17) is 4.74 Å². The molecule has 148 valence electrons. The number of aryl methyl sites for hydroxylation is 1. The standard InChI is InChI=1S/C19H25BrN2O5/c1-19(2,3)27-18(26)21-14(10-23)6-5-11-7-13(20)8-12-9-15(17(24)25)22(4)16(11)12/h7-8,10,14-15H,5-6,9H2,1-4H3,(H,21,26)(H,24,25). The molecule has 27 heavy (non-hydrogen) atoms. The Kier molecular flexibility index (Phi) is 6.51. The summed E-state index contributed by atoms with van der Waals surface area (Å²) in [5, 5.41) is 12.0. The van der Waals surface area contributed by atoms with E-state index in [0.29, 0.717) is 25.5 Å². The van der Waals surface area contributed by atoms with Crippen molar-refractivity contribution in [1.82, 2.24) is 5.32 Å². The molecule has 0 spiro atoms. The Labute approximate surface area is 167 Å². The molecule has 1 heterocycles. The van der Waals surface area contributed by atoms with Gasteiger partial charge in [0.2, 0.25) is 0 Å². The summed E-state index contributed by atoms with van der Waals surface area (Å²) < 4.78 is 6.04. The molecule has 8 heteroatoms. The summed E-state index contributed by atoms with van der Waals surface area (Å²) in [5.74, 6) is -0.867. The van der Waals surface area contributed by atoms with Crippen LogP contribution in [0.3, 0.4) is 0 Å². The molecular weight excluding hydrogens is 416 g/mol. The minimum absolute atomic E-state index is 0.386. The van der Waals surface area contributed by atoms with Crippen molar-refractivity contribution >= 4 is 40.0 Å². The van der Waals surface area contributed by atoms with Gasteiger partial charge in [0, 0.05) is 23.6 Å². The number of carbonyl (C=O) groups excluding carboxylic acids is 2. The van der Waals surface area contributed by atoms with Crippen LogP contribution in [-0.4, -0.2) is 48.2 Å². The number of amides is 1. The molecule has 0 aliphatic carbocycles. The first-order valence-electron chi connectivity index (χ1n) is 8.73. The molecule has 7 nitrogen and oxygen atoms in total. The highest BCUT2D eigenvalue weighted by Gasteiger charge is 2.34. The molecule has 2 rings (SSSR count). The normalized spacial score (nSPS) is 17.2. The third kappa shape index (κ3) is 5.45. The molecule has 1 aliphatic rings. The predicted octanol–water partition coefficient (Wildman–Crippen LogP) is 2.92. The number of carbonyl (C=O) groups is 3. The first-order valence-corrected chi connectivity index (χ1v) is 9.53. The molecule has 1 aromatic rings. The summed E-state index contributed by atoms with van der Waals surface area (Å²) in [6, 6.07) is 2.56. The van der Waals surface area contributed by atoms with Crippen LogP contribution in [0.25, 0.3) is 0 Å². The molecule has 2 unspecified atom stereocenters. The van der Waals surface area contributed by atoms with Crippen LogP contribution in [0.15, 0.2) is 16.6 Å². The first-order chi connectivity index (χ1) is 12.5. The van der Waals surface area contributed by atoms with E-state index in [-0.39, 0.29) is 0 Å². The number of ether oxygens (including phenoxy) is 1. The summed E-state index contributed by atoms with van der Waals surface area (Å²) in [6.07, 6.45) is 1.38. The largest absolute Gasteiger partial charge is 0.480 e. The van der Waals surface area contributed by atoms with Crippen LogP contribution >= 0.6 is 15.9 Å². The Bertz CT molecular complexity index is 744. The Balaban J connectivity index is 2.11. The Hall–Kier alpha value is -2.09. The van der Waals surface area contributed by atoms with E-state index in [1.807, 2.05) is 12.1 Å². The number of hydrogen-bond acceptors (Lipinski definition) is 5. The molecule has 0 fully saturated rings. The predicted molar refractivity (Wildman–Crippen MR) is 105 cm³/mol. The third-order valence-electron chi connectivity index (χ3n) is 4.34. The van der Waals surface area contributed by atoms with E-state index < -0.39 is 29.7 Å². The van der Waals surface area contributed by atoms with E-state index in [1.165, 1.54) is 0 Å². The highest BCUT2D eigenvalue weighted by Crippen LogP contribution is 2.37. The second-order valence-corrected chi connectivity index (χ2v) is 8.58. The summed E-state index contributed by atoms with van der Waals surface area (Å²) in [7, 11) is 1.76. The van der Waals surface area contributed by atoms with Gasteiger partial charge in [0.05, 0.1) is 6.04 Å². The fourth-order valence-corrected chi connectivity index (χ4v) is 3.77. The van der Waals surface area contributed by atoms with Crippen LogP contribution in [0.4, 0.5) is 10.5 Å². The minimum Gasteiger partial charge on any atom is -0.480 e. The zero-order valence-corrected chi connectivity index (χ0v) is 17.5. The van der Waals surface area contributed by atoms with E-state index >= 15 is 0 Å². The second kappa shape index (κ2) is 8.29. The zero-order chi connectivity index (χ0) is 20.4. The monoisotopic (exact) mass is 440 g/mol. The molecular formula is C19H25BrN2O5. The number of benzene rings is 1. The second-order valence-electron chi connectivity index (χ2n) is 7.67. The summed E-state index contributed by atoms with van der Waals surface area (Å²) in [5.41, 5.74) is 2.13. The molecule has 0 aromatic heterocycles. The number of aliphatic carboxylic acids is 1. The maximum Gasteiger partial charge on any atom is 0.408 e. The SMILES string of the molecule is CN1c2c(CCC(C=O)NC(=O)OC(C)(C)C)cc(Br)cc2CC1C(=O)O. The van der Waals surface area contributed by atoms with Crippen molar-refractivity contribution < 1.29 is 24.2 Å². The van der Waals surface area contributed by atoms with Crippen LogP contribution in [0.1, 0.15) is 38.3 Å². The number of fused-ring (bicyclic) bond motifs is 1. The van der Waals surface area contributed by atoms with E-state index in [1.54, 1.807) is 32.7 Å². The first kappa shape index (κ1) is 21.2. The number of carboxylic acid groups (broad SMARTS) is 1. The van der Waals surface area contributed by atoms with Gasteiger partial charge in [-0.1, -0.05) is 15.9 Å². The minimum atomic E-state index is -0.867. The maximum atomic E-state index is 11.9. The number of nitrogens with zero attached hydrogens (tertiary/aromatic N) is 1. The zero-order valence-electron chi connectivity index (χ0n) is 15.9. The number of alkyl carbamates (subject to hydrolysis) is 1. The average Bonchev–Trinajstić information content (AvgIpc) is 2.86. The van der Waals surface area contributed by atoms with Crippen LogP contribution < -0.4 is 10.2 Å². The van der Waals surface area contributed by atoms with Crippen molar-refractivity contribution in [2.75, 3.05) is 11.9 Å². The lowest BCUT2D eigenvalue weighted by Crippen LogP contribution is -2.40. The van der Waals surface area contributed by atoms with E-state index in [9.17, 15) is 19.5 Å². The Morgan fingerprint density at radius 1 is 1.44 bits per heavy atom. The average molecular weight is 441 g/mol. The van der Waals surface area contributed by atoms with Crippen molar-refractivity contribution in [3.05, 3.63) is 27.7 Å². The fraction of sp³-hybridized carbons (Fsp3) is 0.526. The molecule has 0 bridgehead atoms. The van der Waals surface area contributed by atoms with Crippen LogP contribution in [-0.2, 0) is 27.2 Å². The number of nitrogens with one attached hydrogen (secondary N) is 1. The molecule has 0 saturated carbocycles. The van der Waals surface area contributed by atoms with Gasteiger partial charge in [0.1, 0.15) is 17.9 Å². The lowest BCUT2D eigenvalue weighted by Gasteiger charge is -2.23. The quantitative estimate of drug-likeness (QED) is 0.660. The third-order valence-corrected chi connectivity index (χ3v) is 4.80. The summed E-state index contributed by atoms with van der Waals surface area (Å²) >= 11 is 3.46. The Morgan fingerprint density at radius 2 is 2.11 bits per heavy atom. The van der Waals surface area contributed by atoms with Gasteiger partial charge in [-0.25, -0.2) is 9.59 Å². The number of halogens is 1. The highest BCUT2D eigenvalue weighted by molar-refractivity contribution is 9.10. The molecule has 0 saturated heterocycles. The van der Waals surface area contributed by atoms with Crippen molar-refractivity contribution in [3.8, 4) is 0 Å².